The van der Waals surface area contributed by atoms with Crippen molar-refractivity contribution in [2.75, 3.05) is 6.61 Å². The van der Waals surface area contributed by atoms with Crippen LogP contribution in [0.4, 0.5) is 4.39 Å². The Bertz CT molecular complexity index is 1190. The standard InChI is InChI=1S/C22H24FN5O3S/c1-2-31-18-7-9-19(10-8-18)32(29,30)28(15-17-5-3-4-12-26-17)14-16-6-11-20(21(23)13-16)22(24)27-25/h3-13H,2,14-15,25H2,1H3,(H2,24,27). The highest BCUT2D eigenvalue weighted by atomic mass is 32.2. The number of aromatic nitrogens is 1. The van der Waals surface area contributed by atoms with Gasteiger partial charge in [0, 0.05) is 12.7 Å². The van der Waals surface area contributed by atoms with Gasteiger partial charge in [0.1, 0.15) is 11.6 Å². The summed E-state index contributed by atoms with van der Waals surface area (Å²) >= 11 is 0. The lowest BCUT2D eigenvalue weighted by Crippen LogP contribution is -2.30. The van der Waals surface area contributed by atoms with E-state index in [1.165, 1.54) is 28.6 Å². The molecule has 0 aliphatic carbocycles. The largest absolute Gasteiger partial charge is 0.494 e. The first kappa shape index (κ1) is 23.2. The lowest BCUT2D eigenvalue weighted by Gasteiger charge is -2.22. The highest BCUT2D eigenvalue weighted by Crippen LogP contribution is 2.24. The first-order valence-corrected chi connectivity index (χ1v) is 11.2. The number of amidine groups is 1. The molecule has 0 radical (unpaired) electrons. The minimum absolute atomic E-state index is 0.00610. The Hall–Kier alpha value is -3.50. The second-order valence-corrected chi connectivity index (χ2v) is 8.77. The molecule has 0 saturated heterocycles. The van der Waals surface area contributed by atoms with Crippen molar-refractivity contribution in [2.24, 2.45) is 16.7 Å². The fourth-order valence-electron chi connectivity index (χ4n) is 3.06. The second-order valence-electron chi connectivity index (χ2n) is 6.83. The van der Waals surface area contributed by atoms with Crippen LogP contribution in [0, 0.1) is 5.82 Å². The zero-order valence-corrected chi connectivity index (χ0v) is 18.3. The monoisotopic (exact) mass is 457 g/mol. The number of sulfonamides is 1. The lowest BCUT2D eigenvalue weighted by atomic mass is 10.1. The van der Waals surface area contributed by atoms with Gasteiger partial charge >= 0.3 is 0 Å². The number of benzene rings is 2. The van der Waals surface area contributed by atoms with Crippen LogP contribution in [0.1, 0.15) is 23.7 Å². The highest BCUT2D eigenvalue weighted by Gasteiger charge is 2.26. The second kappa shape index (κ2) is 10.2. The van der Waals surface area contributed by atoms with E-state index in [2.05, 4.69) is 10.1 Å². The fraction of sp³-hybridized carbons (Fsp3) is 0.182. The molecule has 0 unspecified atom stereocenters. The molecule has 0 amide bonds. The third-order valence-electron chi connectivity index (χ3n) is 4.64. The number of rotatable bonds is 9. The quantitative estimate of drug-likeness (QED) is 0.220. The Labute approximate surface area is 186 Å². The van der Waals surface area contributed by atoms with Gasteiger partial charge in [0.15, 0.2) is 5.84 Å². The third-order valence-corrected chi connectivity index (χ3v) is 6.45. The molecule has 1 aromatic heterocycles. The minimum Gasteiger partial charge on any atom is -0.494 e. The molecule has 0 aliphatic heterocycles. The van der Waals surface area contributed by atoms with Gasteiger partial charge in [0.2, 0.25) is 10.0 Å². The lowest BCUT2D eigenvalue weighted by molar-refractivity contribution is 0.340. The van der Waals surface area contributed by atoms with Crippen molar-refractivity contribution < 1.29 is 17.5 Å². The number of ether oxygens (including phenoxy) is 1. The van der Waals surface area contributed by atoms with Gasteiger partial charge in [0.25, 0.3) is 0 Å². The van der Waals surface area contributed by atoms with Crippen LogP contribution in [0.15, 0.2) is 76.9 Å². The summed E-state index contributed by atoms with van der Waals surface area (Å²) in [6.45, 7) is 2.24. The Kier molecular flexibility index (Phi) is 7.39. The normalized spacial score (nSPS) is 12.2. The summed E-state index contributed by atoms with van der Waals surface area (Å²) in [7, 11) is -3.93. The van der Waals surface area contributed by atoms with Crippen LogP contribution in [0.5, 0.6) is 5.75 Å². The zero-order chi connectivity index (χ0) is 23.1. The summed E-state index contributed by atoms with van der Waals surface area (Å²) in [5.74, 6) is 4.89. The first-order chi connectivity index (χ1) is 15.3. The highest BCUT2D eigenvalue weighted by molar-refractivity contribution is 7.89. The molecule has 10 heteroatoms. The number of pyridine rings is 1. The van der Waals surface area contributed by atoms with Crippen LogP contribution in [0.25, 0.3) is 0 Å². The number of hydrazone groups is 1. The van der Waals surface area contributed by atoms with Crippen LogP contribution < -0.4 is 16.3 Å². The van der Waals surface area contributed by atoms with Crippen molar-refractivity contribution in [2.45, 2.75) is 24.9 Å². The van der Waals surface area contributed by atoms with E-state index in [-0.39, 0.29) is 29.4 Å². The average Bonchev–Trinajstić information content (AvgIpc) is 2.79. The maximum atomic E-state index is 14.5. The van der Waals surface area contributed by atoms with E-state index in [0.29, 0.717) is 23.6 Å². The van der Waals surface area contributed by atoms with Crippen LogP contribution in [0.3, 0.4) is 0 Å². The van der Waals surface area contributed by atoms with E-state index in [1.807, 2.05) is 6.92 Å². The molecule has 0 fully saturated rings. The summed E-state index contributed by atoms with van der Waals surface area (Å²) in [5.41, 5.74) is 6.62. The Morgan fingerprint density at radius 1 is 1.12 bits per heavy atom. The van der Waals surface area contributed by atoms with E-state index < -0.39 is 15.8 Å². The van der Waals surface area contributed by atoms with Gasteiger partial charge < -0.3 is 16.3 Å². The predicted octanol–water partition coefficient (Wildman–Crippen LogP) is 2.59. The first-order valence-electron chi connectivity index (χ1n) is 9.80. The number of hydrogen-bond acceptors (Lipinski definition) is 6. The average molecular weight is 458 g/mol. The molecule has 1 heterocycles. The van der Waals surface area contributed by atoms with Crippen LogP contribution in [0.2, 0.25) is 0 Å². The maximum Gasteiger partial charge on any atom is 0.243 e. The Morgan fingerprint density at radius 3 is 2.47 bits per heavy atom. The summed E-state index contributed by atoms with van der Waals surface area (Å²) in [4.78, 5) is 4.32. The molecule has 0 saturated carbocycles. The van der Waals surface area contributed by atoms with Gasteiger partial charge in [0.05, 0.1) is 29.3 Å². The SMILES string of the molecule is CCOc1ccc(S(=O)(=O)N(Cc2ccc(/C(N)=N/N)c(F)c2)Cc2ccccn2)cc1. The molecule has 2 aromatic carbocycles. The fourth-order valence-corrected chi connectivity index (χ4v) is 4.46. The molecule has 4 N–H and O–H groups in total. The number of hydrogen-bond donors (Lipinski definition) is 2. The van der Waals surface area contributed by atoms with E-state index in [1.54, 1.807) is 42.6 Å². The van der Waals surface area contributed by atoms with Gasteiger partial charge in [-0.05, 0) is 61.0 Å². The molecule has 168 valence electrons. The molecule has 0 atom stereocenters. The number of halogens is 1. The van der Waals surface area contributed by atoms with Crippen LogP contribution in [-0.4, -0.2) is 30.1 Å². The predicted molar refractivity (Wildman–Crippen MR) is 120 cm³/mol. The maximum absolute atomic E-state index is 14.5. The Morgan fingerprint density at radius 2 is 1.88 bits per heavy atom. The zero-order valence-electron chi connectivity index (χ0n) is 17.5. The summed E-state index contributed by atoms with van der Waals surface area (Å²) in [6.07, 6.45) is 1.58. The van der Waals surface area contributed by atoms with Gasteiger partial charge in [-0.1, -0.05) is 12.1 Å². The molecule has 3 rings (SSSR count). The summed E-state index contributed by atoms with van der Waals surface area (Å²) in [6, 6.07) is 15.6. The van der Waals surface area contributed by atoms with Crippen molar-refractivity contribution >= 4 is 15.9 Å². The van der Waals surface area contributed by atoms with Gasteiger partial charge in [-0.25, -0.2) is 12.8 Å². The van der Waals surface area contributed by atoms with Crippen molar-refractivity contribution in [3.63, 3.8) is 0 Å². The third kappa shape index (κ3) is 5.40. The smallest absolute Gasteiger partial charge is 0.243 e. The van der Waals surface area contributed by atoms with E-state index in [0.717, 1.165) is 0 Å². The van der Waals surface area contributed by atoms with Crippen molar-refractivity contribution in [3.8, 4) is 5.75 Å². The molecule has 3 aromatic rings. The van der Waals surface area contributed by atoms with Crippen molar-refractivity contribution in [1.29, 1.82) is 0 Å². The van der Waals surface area contributed by atoms with Gasteiger partial charge in [-0.3, -0.25) is 4.98 Å². The van der Waals surface area contributed by atoms with Crippen LogP contribution in [-0.2, 0) is 23.1 Å². The van der Waals surface area contributed by atoms with Gasteiger partial charge in [-0.15, -0.1) is 0 Å². The number of nitrogens with two attached hydrogens (primary N) is 2. The Balaban J connectivity index is 1.95. The van der Waals surface area contributed by atoms with Crippen molar-refractivity contribution in [3.05, 3.63) is 89.5 Å². The summed E-state index contributed by atoms with van der Waals surface area (Å²) in [5, 5.41) is 3.29. The van der Waals surface area contributed by atoms with E-state index in [9.17, 15) is 12.8 Å². The van der Waals surface area contributed by atoms with E-state index >= 15 is 0 Å². The molecular formula is C22H24FN5O3S. The molecule has 0 aliphatic rings. The van der Waals surface area contributed by atoms with Crippen LogP contribution >= 0.6 is 0 Å². The molecule has 8 nitrogen and oxygen atoms in total. The minimum atomic E-state index is -3.93. The number of nitrogens with zero attached hydrogens (tertiary/aromatic N) is 3. The topological polar surface area (TPSA) is 124 Å². The molecule has 0 bridgehead atoms. The molecular weight excluding hydrogens is 433 g/mol. The molecule has 32 heavy (non-hydrogen) atoms. The van der Waals surface area contributed by atoms with E-state index in [4.69, 9.17) is 16.3 Å². The van der Waals surface area contributed by atoms with Crippen molar-refractivity contribution in [1.82, 2.24) is 9.29 Å². The summed E-state index contributed by atoms with van der Waals surface area (Å²) < 4.78 is 48.0. The molecule has 0 spiro atoms. The van der Waals surface area contributed by atoms with Gasteiger partial charge in [-0.2, -0.15) is 9.41 Å².